The molecule has 0 aromatic heterocycles. The second-order valence-electron chi connectivity index (χ2n) is 2.27. The summed E-state index contributed by atoms with van der Waals surface area (Å²) in [6.07, 6.45) is 0. The average Bonchev–Trinajstić information content (AvgIpc) is 2.03. The number of hydrogen-bond acceptors (Lipinski definition) is 2. The molecular formula is C9H16N2. The van der Waals surface area contributed by atoms with Crippen molar-refractivity contribution in [1.82, 2.24) is 11.5 Å². The van der Waals surface area contributed by atoms with Gasteiger partial charge in [0.1, 0.15) is 0 Å². The zero-order valence-corrected chi connectivity index (χ0v) is 7.01. The van der Waals surface area contributed by atoms with Crippen LogP contribution in [-0.4, -0.2) is 6.54 Å². The van der Waals surface area contributed by atoms with Crippen molar-refractivity contribution in [3.05, 3.63) is 35.9 Å². The molecule has 0 radical (unpaired) electrons. The second-order valence-corrected chi connectivity index (χ2v) is 2.27. The lowest BCUT2D eigenvalue weighted by Crippen LogP contribution is -2.11. The summed E-state index contributed by atoms with van der Waals surface area (Å²) in [5, 5.41) is 3.26. The summed E-state index contributed by atoms with van der Waals surface area (Å²) in [5.41, 5.74) is 1.35. The molecule has 1 rings (SSSR count). The highest BCUT2D eigenvalue weighted by Crippen LogP contribution is 1.96. The molecule has 11 heavy (non-hydrogen) atoms. The van der Waals surface area contributed by atoms with Gasteiger partial charge in [-0.1, -0.05) is 37.3 Å². The number of nitrogens with one attached hydrogen (secondary N) is 1. The molecule has 0 saturated carbocycles. The summed E-state index contributed by atoms with van der Waals surface area (Å²) < 4.78 is 0. The van der Waals surface area contributed by atoms with Gasteiger partial charge < -0.3 is 11.5 Å². The maximum atomic E-state index is 3.26. The minimum Gasteiger partial charge on any atom is -0.344 e. The van der Waals surface area contributed by atoms with Crippen LogP contribution in [0, 0.1) is 0 Å². The molecule has 0 fully saturated rings. The molecule has 0 unspecified atom stereocenters. The first-order valence-corrected chi connectivity index (χ1v) is 3.68. The third-order valence-corrected chi connectivity index (χ3v) is 1.42. The monoisotopic (exact) mass is 152 g/mol. The van der Waals surface area contributed by atoms with Crippen LogP contribution in [0.1, 0.15) is 12.5 Å². The van der Waals surface area contributed by atoms with Crippen molar-refractivity contribution in [2.75, 3.05) is 6.54 Å². The smallest absolute Gasteiger partial charge is 0.0205 e. The van der Waals surface area contributed by atoms with Crippen molar-refractivity contribution < 1.29 is 0 Å². The van der Waals surface area contributed by atoms with Gasteiger partial charge in [-0.15, -0.1) is 0 Å². The Labute approximate surface area is 68.2 Å². The molecule has 2 heteroatoms. The normalized spacial score (nSPS) is 8.82. The Balaban J connectivity index is 0.000001000. The number of benzene rings is 1. The molecule has 0 aliphatic carbocycles. The fourth-order valence-corrected chi connectivity index (χ4v) is 0.865. The van der Waals surface area contributed by atoms with Gasteiger partial charge in [0.05, 0.1) is 0 Å². The molecule has 0 bridgehead atoms. The van der Waals surface area contributed by atoms with Crippen molar-refractivity contribution in [2.45, 2.75) is 13.5 Å². The fraction of sp³-hybridized carbons (Fsp3) is 0.333. The zero-order chi connectivity index (χ0) is 7.23. The van der Waals surface area contributed by atoms with Gasteiger partial charge in [-0.2, -0.15) is 0 Å². The molecule has 0 saturated heterocycles. The minimum absolute atomic E-state index is 0. The van der Waals surface area contributed by atoms with Gasteiger partial charge in [0.25, 0.3) is 0 Å². The van der Waals surface area contributed by atoms with Gasteiger partial charge in [0, 0.05) is 6.54 Å². The summed E-state index contributed by atoms with van der Waals surface area (Å²) in [7, 11) is 0. The molecule has 0 heterocycles. The van der Waals surface area contributed by atoms with Gasteiger partial charge in [0.15, 0.2) is 0 Å². The third kappa shape index (κ3) is 3.75. The van der Waals surface area contributed by atoms with Gasteiger partial charge in [-0.25, -0.2) is 0 Å². The van der Waals surface area contributed by atoms with Crippen molar-refractivity contribution in [2.24, 2.45) is 0 Å². The molecule has 0 spiro atoms. The highest BCUT2D eigenvalue weighted by Gasteiger charge is 1.85. The van der Waals surface area contributed by atoms with Crippen LogP contribution >= 0.6 is 0 Å². The standard InChI is InChI=1S/C9H13N.H3N/c1-2-10-8-9-6-4-3-5-7-9;/h3-7,10H,2,8H2,1H3;1H3. The predicted octanol–water partition coefficient (Wildman–Crippen LogP) is 1.96. The molecule has 0 amide bonds. The highest BCUT2D eigenvalue weighted by molar-refractivity contribution is 5.14. The first-order valence-electron chi connectivity index (χ1n) is 3.68. The molecule has 0 aliphatic rings. The Morgan fingerprint density at radius 1 is 1.18 bits per heavy atom. The molecule has 1 aromatic carbocycles. The fourth-order valence-electron chi connectivity index (χ4n) is 0.865. The first-order chi connectivity index (χ1) is 4.93. The van der Waals surface area contributed by atoms with E-state index in [0.717, 1.165) is 13.1 Å². The van der Waals surface area contributed by atoms with Crippen LogP contribution in [-0.2, 0) is 6.54 Å². The van der Waals surface area contributed by atoms with E-state index in [-0.39, 0.29) is 6.15 Å². The van der Waals surface area contributed by atoms with Gasteiger partial charge >= 0.3 is 0 Å². The Morgan fingerprint density at radius 3 is 2.36 bits per heavy atom. The van der Waals surface area contributed by atoms with Crippen molar-refractivity contribution >= 4 is 0 Å². The maximum absolute atomic E-state index is 3.26. The quantitative estimate of drug-likeness (QED) is 0.695. The van der Waals surface area contributed by atoms with Gasteiger partial charge in [-0.3, -0.25) is 0 Å². The second kappa shape index (κ2) is 5.89. The van der Waals surface area contributed by atoms with Crippen LogP contribution in [0.4, 0.5) is 0 Å². The van der Waals surface area contributed by atoms with Crippen LogP contribution in [0.2, 0.25) is 0 Å². The Kier molecular flexibility index (Phi) is 5.43. The number of hydrogen-bond donors (Lipinski definition) is 2. The summed E-state index contributed by atoms with van der Waals surface area (Å²) in [4.78, 5) is 0. The van der Waals surface area contributed by atoms with Gasteiger partial charge in [-0.05, 0) is 12.1 Å². The first kappa shape index (κ1) is 10.1. The average molecular weight is 152 g/mol. The summed E-state index contributed by atoms with van der Waals surface area (Å²) in [6, 6.07) is 10.4. The molecule has 62 valence electrons. The lowest BCUT2D eigenvalue weighted by atomic mass is 10.2. The van der Waals surface area contributed by atoms with Crippen LogP contribution < -0.4 is 11.5 Å². The molecule has 2 nitrogen and oxygen atoms in total. The van der Waals surface area contributed by atoms with Crippen LogP contribution in [0.5, 0.6) is 0 Å². The van der Waals surface area contributed by atoms with Crippen LogP contribution in [0.15, 0.2) is 30.3 Å². The van der Waals surface area contributed by atoms with E-state index in [9.17, 15) is 0 Å². The SMILES string of the molecule is CCNCc1ccccc1.N. The molecular weight excluding hydrogens is 136 g/mol. The van der Waals surface area contributed by atoms with Crippen molar-refractivity contribution in [3.8, 4) is 0 Å². The van der Waals surface area contributed by atoms with E-state index >= 15 is 0 Å². The van der Waals surface area contributed by atoms with Crippen molar-refractivity contribution in [3.63, 3.8) is 0 Å². The summed E-state index contributed by atoms with van der Waals surface area (Å²) in [5.74, 6) is 0. The lowest BCUT2D eigenvalue weighted by molar-refractivity contribution is 0.727. The Bertz CT molecular complexity index is 172. The Hall–Kier alpha value is -0.860. The van der Waals surface area contributed by atoms with Gasteiger partial charge in [0.2, 0.25) is 0 Å². The van der Waals surface area contributed by atoms with E-state index < -0.39 is 0 Å². The van der Waals surface area contributed by atoms with E-state index in [1.807, 2.05) is 6.07 Å². The summed E-state index contributed by atoms with van der Waals surface area (Å²) in [6.45, 7) is 4.13. The molecule has 0 atom stereocenters. The third-order valence-electron chi connectivity index (χ3n) is 1.42. The van der Waals surface area contributed by atoms with E-state index in [1.165, 1.54) is 5.56 Å². The molecule has 0 aliphatic heterocycles. The molecule has 4 N–H and O–H groups in total. The predicted molar refractivity (Wildman–Crippen MR) is 48.8 cm³/mol. The van der Waals surface area contributed by atoms with Crippen LogP contribution in [0.25, 0.3) is 0 Å². The van der Waals surface area contributed by atoms with E-state index in [1.54, 1.807) is 0 Å². The lowest BCUT2D eigenvalue weighted by Gasteiger charge is -1.99. The van der Waals surface area contributed by atoms with Crippen LogP contribution in [0.3, 0.4) is 0 Å². The van der Waals surface area contributed by atoms with E-state index in [2.05, 4.69) is 36.5 Å². The van der Waals surface area contributed by atoms with E-state index in [4.69, 9.17) is 0 Å². The largest absolute Gasteiger partial charge is 0.344 e. The zero-order valence-electron chi connectivity index (χ0n) is 7.01. The van der Waals surface area contributed by atoms with Crippen molar-refractivity contribution in [1.29, 1.82) is 0 Å². The topological polar surface area (TPSA) is 47.0 Å². The minimum atomic E-state index is 0. The summed E-state index contributed by atoms with van der Waals surface area (Å²) >= 11 is 0. The number of rotatable bonds is 3. The maximum Gasteiger partial charge on any atom is 0.0205 e. The molecule has 1 aromatic rings. The highest BCUT2D eigenvalue weighted by atomic mass is 14.8. The Morgan fingerprint density at radius 2 is 1.82 bits per heavy atom. The van der Waals surface area contributed by atoms with E-state index in [0.29, 0.717) is 0 Å².